The molecule has 1 aliphatic carbocycles. The number of aldehydes is 2. The summed E-state index contributed by atoms with van der Waals surface area (Å²) < 4.78 is 9.58. The van der Waals surface area contributed by atoms with E-state index >= 15 is 0 Å². The van der Waals surface area contributed by atoms with E-state index in [1.54, 1.807) is 32.3 Å². The number of amides is 3. The minimum atomic E-state index is -0.423. The molecule has 1 saturated heterocycles. The van der Waals surface area contributed by atoms with Crippen LogP contribution < -0.4 is 15.5 Å². The molecule has 48 heavy (non-hydrogen) atoms. The summed E-state index contributed by atoms with van der Waals surface area (Å²) in [5.74, 6) is 0.748. The third-order valence-corrected chi connectivity index (χ3v) is 7.72. The molecule has 14 heteroatoms. The van der Waals surface area contributed by atoms with Crippen molar-refractivity contribution < 1.29 is 28.7 Å². The molecule has 2 N–H and O–H groups in total. The standard InChI is InChI=1S/C27H32N8O4.C3H6O.C2H6O.C2H6/c1-33-6-7-34(25(37)15-33)14-18-8-17-4-3-5-35(26(17)31-23(18)16-36)27(38)32-24-11-22(19(12-28)13-29-24)30-20-9-21(10-20)39-2;1-2-3-4;1-3-2;1-2/h8,11,13,16,20-21H,3-7,9-10,14-15H2,1-2H3,(H2,29,30,32,38);3H,2H2,1H3;1-2H3;1-2H3. The molecule has 2 aliphatic heterocycles. The third kappa shape index (κ3) is 11.1. The summed E-state index contributed by atoms with van der Waals surface area (Å²) in [5.41, 5.74) is 2.75. The summed E-state index contributed by atoms with van der Waals surface area (Å²) in [4.78, 5) is 61.0. The molecule has 2 fully saturated rings. The van der Waals surface area contributed by atoms with Gasteiger partial charge in [-0.15, -0.1) is 0 Å². The third-order valence-electron chi connectivity index (χ3n) is 7.72. The Morgan fingerprint density at radius 1 is 1.15 bits per heavy atom. The SMILES string of the molecule is CC.CCC=O.COC.COC1CC(Nc2cc(NC(=O)N3CCCc4cc(CN5CCN(C)CC5=O)c(C=O)nc43)ncc2C#N)C1. The van der Waals surface area contributed by atoms with Crippen molar-refractivity contribution in [3.63, 3.8) is 0 Å². The van der Waals surface area contributed by atoms with Gasteiger partial charge < -0.3 is 24.5 Å². The zero-order valence-corrected chi connectivity index (χ0v) is 29.2. The minimum absolute atomic E-state index is 0.0129. The van der Waals surface area contributed by atoms with Crippen molar-refractivity contribution in [1.29, 1.82) is 5.26 Å². The van der Waals surface area contributed by atoms with Crippen LogP contribution in [0.2, 0.25) is 0 Å². The lowest BCUT2D eigenvalue weighted by Gasteiger charge is -2.35. The lowest BCUT2D eigenvalue weighted by molar-refractivity contribution is -0.136. The summed E-state index contributed by atoms with van der Waals surface area (Å²) in [6.07, 6.45) is 6.95. The Kier molecular flexibility index (Phi) is 17.1. The van der Waals surface area contributed by atoms with Gasteiger partial charge in [-0.05, 0) is 44.4 Å². The number of anilines is 3. The number of urea groups is 1. The number of fused-ring (bicyclic) bond motifs is 1. The van der Waals surface area contributed by atoms with E-state index in [4.69, 9.17) is 4.74 Å². The number of hydrogen-bond donors (Lipinski definition) is 2. The highest BCUT2D eigenvalue weighted by Gasteiger charge is 2.30. The van der Waals surface area contributed by atoms with Crippen LogP contribution in [0.5, 0.6) is 0 Å². The first-order valence-electron chi connectivity index (χ1n) is 16.3. The number of nitrogens with one attached hydrogen (secondary N) is 2. The fourth-order valence-electron chi connectivity index (χ4n) is 5.19. The fourth-order valence-corrected chi connectivity index (χ4v) is 5.19. The van der Waals surface area contributed by atoms with Gasteiger partial charge in [-0.2, -0.15) is 5.26 Å². The molecule has 0 aromatic carbocycles. The number of aryl methyl sites for hydroxylation is 1. The molecular formula is C34H50N8O6. The highest BCUT2D eigenvalue weighted by molar-refractivity contribution is 6.02. The van der Waals surface area contributed by atoms with Crippen LogP contribution in [0.4, 0.5) is 22.1 Å². The molecule has 0 bridgehead atoms. The lowest BCUT2D eigenvalue weighted by Crippen LogP contribution is -2.48. The van der Waals surface area contributed by atoms with Crippen molar-refractivity contribution in [1.82, 2.24) is 19.8 Å². The quantitative estimate of drug-likeness (QED) is 0.392. The van der Waals surface area contributed by atoms with Crippen LogP contribution in [0.15, 0.2) is 18.3 Å². The average Bonchev–Trinajstić information content (AvgIpc) is 3.08. The van der Waals surface area contributed by atoms with Crippen molar-refractivity contribution >= 4 is 41.8 Å². The molecule has 3 aliphatic rings. The molecule has 0 spiro atoms. The maximum atomic E-state index is 13.3. The fraction of sp³-hybridized carbons (Fsp3) is 0.559. The first-order chi connectivity index (χ1) is 23.2. The number of rotatable bonds is 8. The summed E-state index contributed by atoms with van der Waals surface area (Å²) in [6, 6.07) is 5.44. The van der Waals surface area contributed by atoms with E-state index in [1.807, 2.05) is 38.8 Å². The predicted octanol–water partition coefficient (Wildman–Crippen LogP) is 3.89. The summed E-state index contributed by atoms with van der Waals surface area (Å²) in [7, 11) is 6.84. The van der Waals surface area contributed by atoms with Gasteiger partial charge in [-0.25, -0.2) is 14.8 Å². The Morgan fingerprint density at radius 2 is 1.83 bits per heavy atom. The number of ether oxygens (including phenoxy) is 2. The predicted molar refractivity (Wildman–Crippen MR) is 184 cm³/mol. The number of likely N-dealkylation sites (N-methyl/N-ethyl adjacent to an activating group) is 1. The van der Waals surface area contributed by atoms with Crippen molar-refractivity contribution in [2.24, 2.45) is 0 Å². The van der Waals surface area contributed by atoms with E-state index in [2.05, 4.69) is 31.4 Å². The number of aromatic nitrogens is 2. The van der Waals surface area contributed by atoms with Crippen LogP contribution in [-0.2, 0) is 32.0 Å². The second kappa shape index (κ2) is 20.7. The second-order valence-electron chi connectivity index (χ2n) is 11.3. The Hall–Kier alpha value is -4.45. The van der Waals surface area contributed by atoms with E-state index < -0.39 is 6.03 Å². The van der Waals surface area contributed by atoms with Gasteiger partial charge in [0.25, 0.3) is 0 Å². The van der Waals surface area contributed by atoms with Crippen molar-refractivity contribution in [2.75, 3.05) is 70.1 Å². The largest absolute Gasteiger partial charge is 0.388 e. The smallest absolute Gasteiger partial charge is 0.328 e. The Bertz CT molecular complexity index is 1410. The normalized spacial score (nSPS) is 18.1. The molecule has 0 unspecified atom stereocenters. The van der Waals surface area contributed by atoms with Crippen LogP contribution in [0, 0.1) is 11.3 Å². The van der Waals surface area contributed by atoms with Crippen molar-refractivity contribution in [3.8, 4) is 6.07 Å². The number of methoxy groups -OCH3 is 2. The van der Waals surface area contributed by atoms with E-state index in [1.165, 1.54) is 11.1 Å². The number of piperazine rings is 1. The number of carbonyl (C=O) groups excluding carboxylic acids is 4. The highest BCUT2D eigenvalue weighted by Crippen LogP contribution is 2.30. The number of nitriles is 1. The van der Waals surface area contributed by atoms with Gasteiger partial charge in [-0.3, -0.25) is 24.7 Å². The molecule has 2 aromatic rings. The van der Waals surface area contributed by atoms with Crippen LogP contribution in [0.3, 0.4) is 0 Å². The highest BCUT2D eigenvalue weighted by atomic mass is 16.5. The van der Waals surface area contributed by atoms with E-state index in [0.717, 1.165) is 37.7 Å². The molecule has 262 valence electrons. The maximum absolute atomic E-state index is 13.3. The Labute approximate surface area is 283 Å². The number of hydrogen-bond acceptors (Lipinski definition) is 11. The first-order valence-corrected chi connectivity index (χ1v) is 16.3. The monoisotopic (exact) mass is 666 g/mol. The van der Waals surface area contributed by atoms with Crippen LogP contribution in [0.1, 0.15) is 73.6 Å². The zero-order chi connectivity index (χ0) is 35.6. The molecule has 2 aromatic heterocycles. The topological polar surface area (TPSA) is 170 Å². The van der Waals surface area contributed by atoms with E-state index in [-0.39, 0.29) is 23.7 Å². The van der Waals surface area contributed by atoms with Crippen LogP contribution >= 0.6 is 0 Å². The van der Waals surface area contributed by atoms with Gasteiger partial charge in [0.2, 0.25) is 5.91 Å². The molecule has 3 amide bonds. The van der Waals surface area contributed by atoms with Gasteiger partial charge in [0, 0.05) is 77.8 Å². The molecule has 5 rings (SSSR count). The minimum Gasteiger partial charge on any atom is -0.388 e. The summed E-state index contributed by atoms with van der Waals surface area (Å²) >= 11 is 0. The second-order valence-corrected chi connectivity index (χ2v) is 11.3. The van der Waals surface area contributed by atoms with Crippen LogP contribution in [0.25, 0.3) is 0 Å². The zero-order valence-electron chi connectivity index (χ0n) is 29.2. The molecular weight excluding hydrogens is 616 g/mol. The molecule has 14 nitrogen and oxygen atoms in total. The van der Waals surface area contributed by atoms with E-state index in [0.29, 0.717) is 73.8 Å². The van der Waals surface area contributed by atoms with Gasteiger partial charge in [0.1, 0.15) is 29.7 Å². The van der Waals surface area contributed by atoms with Gasteiger partial charge in [0.05, 0.1) is 23.9 Å². The molecule has 1 saturated carbocycles. The van der Waals surface area contributed by atoms with Gasteiger partial charge in [-0.1, -0.05) is 20.8 Å². The molecule has 4 heterocycles. The molecule has 0 atom stereocenters. The Balaban J connectivity index is 0.000000802. The van der Waals surface area contributed by atoms with Crippen LogP contribution in [-0.4, -0.2) is 111 Å². The van der Waals surface area contributed by atoms with Gasteiger partial charge >= 0.3 is 6.03 Å². The lowest BCUT2D eigenvalue weighted by atomic mass is 9.89. The first kappa shape index (κ1) is 39.7. The van der Waals surface area contributed by atoms with Crippen molar-refractivity contribution in [3.05, 3.63) is 40.7 Å². The molecule has 0 radical (unpaired) electrons. The summed E-state index contributed by atoms with van der Waals surface area (Å²) in [6.45, 7) is 8.25. The number of nitrogens with zero attached hydrogens (tertiary/aromatic N) is 6. The maximum Gasteiger partial charge on any atom is 0.328 e. The van der Waals surface area contributed by atoms with Gasteiger partial charge in [0.15, 0.2) is 6.29 Å². The number of pyridine rings is 2. The summed E-state index contributed by atoms with van der Waals surface area (Å²) in [5, 5.41) is 15.7. The number of carbonyl (C=O) groups is 4. The average molecular weight is 667 g/mol. The van der Waals surface area contributed by atoms with E-state index in [9.17, 15) is 24.4 Å². The van der Waals surface area contributed by atoms with Crippen molar-refractivity contribution in [2.45, 2.75) is 71.6 Å². The Morgan fingerprint density at radius 3 is 2.42 bits per heavy atom.